The fraction of sp³-hybridized carbons (Fsp3) is 0.217. The van der Waals surface area contributed by atoms with Gasteiger partial charge >= 0.3 is 5.97 Å². The summed E-state index contributed by atoms with van der Waals surface area (Å²) in [4.78, 5) is 31.1. The molecule has 4 rings (SSSR count). The number of ether oxygens (including phenoxy) is 1. The highest BCUT2D eigenvalue weighted by Crippen LogP contribution is 2.28. The van der Waals surface area contributed by atoms with Gasteiger partial charge < -0.3 is 10.1 Å². The molecule has 0 aliphatic heterocycles. The van der Waals surface area contributed by atoms with Gasteiger partial charge in [0.1, 0.15) is 0 Å². The number of fused-ring (bicyclic) bond motifs is 1. The number of aromatic nitrogens is 3. The van der Waals surface area contributed by atoms with E-state index in [1.165, 1.54) is 11.3 Å². The van der Waals surface area contributed by atoms with Gasteiger partial charge in [-0.25, -0.2) is 14.5 Å². The molecule has 0 aliphatic carbocycles. The number of aryl methyl sites for hydroxylation is 1. The van der Waals surface area contributed by atoms with Crippen LogP contribution in [-0.4, -0.2) is 32.7 Å². The lowest BCUT2D eigenvalue weighted by Crippen LogP contribution is -2.35. The SMILES string of the molecule is CCn1ncc2c(C(=O)OC(C)C(=O)NCc3ccccc3)cc(-c3cccs3)nc21. The highest BCUT2D eigenvalue weighted by Gasteiger charge is 2.23. The van der Waals surface area contributed by atoms with Crippen LogP contribution in [0.25, 0.3) is 21.6 Å². The third kappa shape index (κ3) is 4.49. The van der Waals surface area contributed by atoms with Crippen molar-refractivity contribution < 1.29 is 14.3 Å². The number of amides is 1. The van der Waals surface area contributed by atoms with Gasteiger partial charge in [0.05, 0.1) is 27.7 Å². The minimum Gasteiger partial charge on any atom is -0.449 e. The van der Waals surface area contributed by atoms with Crippen LogP contribution in [0.5, 0.6) is 0 Å². The van der Waals surface area contributed by atoms with E-state index in [1.54, 1.807) is 23.9 Å². The maximum Gasteiger partial charge on any atom is 0.339 e. The lowest BCUT2D eigenvalue weighted by Gasteiger charge is -2.14. The molecule has 158 valence electrons. The quantitative estimate of drug-likeness (QED) is 0.444. The van der Waals surface area contributed by atoms with Gasteiger partial charge in [0, 0.05) is 13.1 Å². The summed E-state index contributed by atoms with van der Waals surface area (Å²) in [6.45, 7) is 4.51. The predicted octanol–water partition coefficient (Wildman–Crippen LogP) is 4.04. The fourth-order valence-corrected chi connectivity index (χ4v) is 3.89. The van der Waals surface area contributed by atoms with Gasteiger partial charge in [-0.3, -0.25) is 4.79 Å². The number of hydrogen-bond acceptors (Lipinski definition) is 6. The summed E-state index contributed by atoms with van der Waals surface area (Å²) in [5, 5.41) is 9.68. The Balaban J connectivity index is 1.55. The van der Waals surface area contributed by atoms with Crippen molar-refractivity contribution in [1.29, 1.82) is 0 Å². The molecular weight excluding hydrogens is 412 g/mol. The summed E-state index contributed by atoms with van der Waals surface area (Å²) in [6, 6.07) is 15.1. The summed E-state index contributed by atoms with van der Waals surface area (Å²) in [6.07, 6.45) is 0.673. The van der Waals surface area contributed by atoms with Gasteiger partial charge in [-0.15, -0.1) is 11.3 Å². The van der Waals surface area contributed by atoms with Gasteiger partial charge in [0.15, 0.2) is 11.8 Å². The van der Waals surface area contributed by atoms with Crippen LogP contribution in [0.1, 0.15) is 29.8 Å². The molecule has 7 nitrogen and oxygen atoms in total. The molecule has 1 unspecified atom stereocenters. The van der Waals surface area contributed by atoms with Crippen molar-refractivity contribution in [2.75, 3.05) is 0 Å². The fourth-order valence-electron chi connectivity index (χ4n) is 3.20. The Labute approximate surface area is 183 Å². The Bertz CT molecular complexity index is 1200. The first-order valence-corrected chi connectivity index (χ1v) is 10.9. The van der Waals surface area contributed by atoms with E-state index in [-0.39, 0.29) is 5.91 Å². The summed E-state index contributed by atoms with van der Waals surface area (Å²) < 4.78 is 7.23. The Morgan fingerprint density at radius 1 is 1.19 bits per heavy atom. The standard InChI is InChI=1S/C23H22N4O3S/c1-3-27-21-18(14-25-27)17(12-19(26-21)20-10-7-11-31-20)23(29)30-15(2)22(28)24-13-16-8-5-4-6-9-16/h4-12,14-15H,3,13H2,1-2H3,(H,24,28). The second kappa shape index (κ2) is 9.09. The summed E-state index contributed by atoms with van der Waals surface area (Å²) in [7, 11) is 0. The van der Waals surface area contributed by atoms with Crippen LogP contribution in [0.2, 0.25) is 0 Å². The van der Waals surface area contributed by atoms with E-state index in [2.05, 4.69) is 10.4 Å². The van der Waals surface area contributed by atoms with E-state index in [1.807, 2.05) is 54.8 Å². The molecule has 0 spiro atoms. The molecule has 1 aromatic carbocycles. The van der Waals surface area contributed by atoms with Crippen molar-refractivity contribution in [3.63, 3.8) is 0 Å². The van der Waals surface area contributed by atoms with Crippen LogP contribution < -0.4 is 5.32 Å². The smallest absolute Gasteiger partial charge is 0.339 e. The van der Waals surface area contributed by atoms with Crippen molar-refractivity contribution in [3.8, 4) is 10.6 Å². The predicted molar refractivity (Wildman–Crippen MR) is 120 cm³/mol. The normalized spacial score (nSPS) is 11.9. The van der Waals surface area contributed by atoms with E-state index in [0.29, 0.717) is 35.4 Å². The lowest BCUT2D eigenvalue weighted by atomic mass is 10.1. The Morgan fingerprint density at radius 2 is 2.00 bits per heavy atom. The number of nitrogens with zero attached hydrogens (tertiary/aromatic N) is 3. The molecule has 0 radical (unpaired) electrons. The molecule has 1 atom stereocenters. The monoisotopic (exact) mass is 434 g/mol. The summed E-state index contributed by atoms with van der Waals surface area (Å²) in [5.74, 6) is -0.937. The van der Waals surface area contributed by atoms with Crippen molar-refractivity contribution in [2.24, 2.45) is 0 Å². The Kier molecular flexibility index (Phi) is 6.08. The van der Waals surface area contributed by atoms with E-state index >= 15 is 0 Å². The summed E-state index contributed by atoms with van der Waals surface area (Å²) >= 11 is 1.54. The van der Waals surface area contributed by atoms with Gasteiger partial charge in [0.2, 0.25) is 0 Å². The molecule has 3 heterocycles. The van der Waals surface area contributed by atoms with E-state index in [4.69, 9.17) is 9.72 Å². The van der Waals surface area contributed by atoms with Gasteiger partial charge in [-0.2, -0.15) is 5.10 Å². The molecule has 8 heteroatoms. The van der Waals surface area contributed by atoms with Crippen LogP contribution in [0.4, 0.5) is 0 Å². The molecule has 31 heavy (non-hydrogen) atoms. The maximum absolute atomic E-state index is 13.0. The van der Waals surface area contributed by atoms with Crippen LogP contribution >= 0.6 is 11.3 Å². The molecule has 0 saturated carbocycles. The van der Waals surface area contributed by atoms with Gasteiger partial charge in [-0.1, -0.05) is 36.4 Å². The number of benzene rings is 1. The van der Waals surface area contributed by atoms with Gasteiger partial charge in [-0.05, 0) is 36.9 Å². The minimum absolute atomic E-state index is 0.343. The van der Waals surface area contributed by atoms with Crippen LogP contribution in [0.15, 0.2) is 60.1 Å². The number of hydrogen-bond donors (Lipinski definition) is 1. The average Bonchev–Trinajstić information content (AvgIpc) is 3.47. The number of esters is 1. The topological polar surface area (TPSA) is 86.1 Å². The molecule has 0 saturated heterocycles. The molecule has 4 aromatic rings. The zero-order valence-electron chi connectivity index (χ0n) is 17.2. The van der Waals surface area contributed by atoms with E-state index in [9.17, 15) is 9.59 Å². The molecule has 0 aliphatic rings. The maximum atomic E-state index is 13.0. The first-order chi connectivity index (χ1) is 15.1. The second-order valence-corrected chi connectivity index (χ2v) is 7.93. The third-order valence-corrected chi connectivity index (χ3v) is 5.76. The highest BCUT2D eigenvalue weighted by atomic mass is 32.1. The number of nitrogens with one attached hydrogen (secondary N) is 1. The van der Waals surface area contributed by atoms with Crippen molar-refractivity contribution in [1.82, 2.24) is 20.1 Å². The Hall–Kier alpha value is -3.52. The average molecular weight is 435 g/mol. The number of carbonyl (C=O) groups excluding carboxylic acids is 2. The van der Waals surface area contributed by atoms with Gasteiger partial charge in [0.25, 0.3) is 5.91 Å². The largest absolute Gasteiger partial charge is 0.449 e. The number of rotatable bonds is 7. The van der Waals surface area contributed by atoms with E-state index in [0.717, 1.165) is 10.4 Å². The van der Waals surface area contributed by atoms with Crippen LogP contribution in [0, 0.1) is 0 Å². The van der Waals surface area contributed by atoms with Crippen molar-refractivity contribution in [3.05, 3.63) is 71.2 Å². The van der Waals surface area contributed by atoms with Crippen LogP contribution in [0.3, 0.4) is 0 Å². The zero-order chi connectivity index (χ0) is 21.8. The minimum atomic E-state index is -0.939. The zero-order valence-corrected chi connectivity index (χ0v) is 18.1. The number of thiophene rings is 1. The van der Waals surface area contributed by atoms with E-state index < -0.39 is 12.1 Å². The molecule has 1 N–H and O–H groups in total. The molecule has 3 aromatic heterocycles. The molecular formula is C23H22N4O3S. The second-order valence-electron chi connectivity index (χ2n) is 6.98. The first kappa shape index (κ1) is 20.7. The third-order valence-electron chi connectivity index (χ3n) is 4.86. The Morgan fingerprint density at radius 3 is 2.71 bits per heavy atom. The summed E-state index contributed by atoms with van der Waals surface area (Å²) in [5.41, 5.74) is 2.60. The molecule has 1 amide bonds. The van der Waals surface area contributed by atoms with Crippen LogP contribution in [-0.2, 0) is 22.6 Å². The number of carbonyl (C=O) groups is 2. The van der Waals surface area contributed by atoms with Crippen molar-refractivity contribution in [2.45, 2.75) is 33.0 Å². The first-order valence-electron chi connectivity index (χ1n) is 10.00. The molecule has 0 bridgehead atoms. The lowest BCUT2D eigenvalue weighted by molar-refractivity contribution is -0.129. The molecule has 0 fully saturated rings. The van der Waals surface area contributed by atoms with Crippen molar-refractivity contribution >= 4 is 34.2 Å². The highest BCUT2D eigenvalue weighted by molar-refractivity contribution is 7.13. The number of pyridine rings is 1.